The highest BCUT2D eigenvalue weighted by Crippen LogP contribution is 2.39. The average Bonchev–Trinajstić information content (AvgIpc) is 2.49. The summed E-state index contributed by atoms with van der Waals surface area (Å²) in [6.45, 7) is 0. The molecular weight excluding hydrogens is 246 g/mol. The number of hydrogen-bond acceptors (Lipinski definition) is 2. The van der Waals surface area contributed by atoms with E-state index in [0.717, 1.165) is 30.7 Å². The van der Waals surface area contributed by atoms with Crippen molar-refractivity contribution in [3.63, 3.8) is 0 Å². The number of aliphatic hydroxyl groups is 1. The molecule has 20 heavy (non-hydrogen) atoms. The Hall–Kier alpha value is -0.0800. The maximum atomic E-state index is 9.88. The van der Waals surface area contributed by atoms with Gasteiger partial charge in [-0.2, -0.15) is 0 Å². The van der Waals surface area contributed by atoms with Gasteiger partial charge in [0.2, 0.25) is 0 Å². The van der Waals surface area contributed by atoms with Crippen molar-refractivity contribution < 1.29 is 5.11 Å². The maximum Gasteiger partial charge on any atom is 0.0555 e. The summed E-state index contributed by atoms with van der Waals surface area (Å²) in [5.74, 6) is 1.93. The summed E-state index contributed by atoms with van der Waals surface area (Å²) in [7, 11) is 0. The minimum absolute atomic E-state index is 0.0435. The van der Waals surface area contributed by atoms with E-state index in [2.05, 4.69) is 5.32 Å². The normalized spacial score (nSPS) is 40.6. The lowest BCUT2D eigenvalue weighted by Gasteiger charge is -2.42. The Bertz CT molecular complexity index is 287. The van der Waals surface area contributed by atoms with Gasteiger partial charge in [0.1, 0.15) is 0 Å². The summed E-state index contributed by atoms with van der Waals surface area (Å²) >= 11 is 0. The molecule has 2 heteroatoms. The molecule has 0 bridgehead atoms. The monoisotopic (exact) mass is 279 g/mol. The topological polar surface area (TPSA) is 32.3 Å². The number of aliphatic hydroxyl groups excluding tert-OH is 1. The quantitative estimate of drug-likeness (QED) is 0.818. The SMILES string of the molecule is OC1CCCC(NC2CCCCC2C2CCCCC2)C1. The van der Waals surface area contributed by atoms with Crippen LogP contribution in [0.15, 0.2) is 0 Å². The van der Waals surface area contributed by atoms with Crippen LogP contribution >= 0.6 is 0 Å². The summed E-state index contributed by atoms with van der Waals surface area (Å²) in [5.41, 5.74) is 0. The van der Waals surface area contributed by atoms with Crippen molar-refractivity contribution in [2.45, 2.75) is 102 Å². The van der Waals surface area contributed by atoms with Gasteiger partial charge in [0.15, 0.2) is 0 Å². The second-order valence-electron chi connectivity index (χ2n) is 7.64. The Morgan fingerprint density at radius 3 is 2.25 bits per heavy atom. The fraction of sp³-hybridized carbons (Fsp3) is 1.00. The summed E-state index contributed by atoms with van der Waals surface area (Å²) < 4.78 is 0. The van der Waals surface area contributed by atoms with E-state index < -0.39 is 0 Å². The van der Waals surface area contributed by atoms with Crippen molar-refractivity contribution in [2.24, 2.45) is 11.8 Å². The molecule has 0 radical (unpaired) electrons. The lowest BCUT2D eigenvalue weighted by atomic mass is 9.70. The van der Waals surface area contributed by atoms with Gasteiger partial charge in [-0.1, -0.05) is 44.9 Å². The predicted molar refractivity (Wildman–Crippen MR) is 83.7 cm³/mol. The molecule has 3 rings (SSSR count). The van der Waals surface area contributed by atoms with Gasteiger partial charge < -0.3 is 10.4 Å². The summed E-state index contributed by atoms with van der Waals surface area (Å²) in [6, 6.07) is 1.34. The average molecular weight is 279 g/mol. The van der Waals surface area contributed by atoms with Gasteiger partial charge in [-0.25, -0.2) is 0 Å². The molecule has 0 heterocycles. The van der Waals surface area contributed by atoms with E-state index in [1.54, 1.807) is 0 Å². The first-order chi connectivity index (χ1) is 9.83. The first-order valence-electron chi connectivity index (χ1n) is 9.27. The molecule has 3 saturated carbocycles. The van der Waals surface area contributed by atoms with Crippen LogP contribution < -0.4 is 5.32 Å². The zero-order chi connectivity index (χ0) is 13.8. The van der Waals surface area contributed by atoms with E-state index in [-0.39, 0.29) is 6.10 Å². The zero-order valence-corrected chi connectivity index (χ0v) is 13.0. The minimum Gasteiger partial charge on any atom is -0.393 e. The molecule has 0 amide bonds. The number of hydrogen-bond donors (Lipinski definition) is 2. The predicted octanol–water partition coefficient (Wildman–Crippen LogP) is 4.02. The molecule has 3 fully saturated rings. The van der Waals surface area contributed by atoms with E-state index in [4.69, 9.17) is 0 Å². The van der Waals surface area contributed by atoms with Gasteiger partial charge in [0.25, 0.3) is 0 Å². The van der Waals surface area contributed by atoms with Crippen LogP contribution in [-0.2, 0) is 0 Å². The third-order valence-electron chi connectivity index (χ3n) is 6.17. The van der Waals surface area contributed by atoms with Crippen molar-refractivity contribution in [2.75, 3.05) is 0 Å². The molecule has 0 saturated heterocycles. The van der Waals surface area contributed by atoms with Crippen molar-refractivity contribution in [1.82, 2.24) is 5.32 Å². The fourth-order valence-corrected chi connectivity index (χ4v) is 5.11. The van der Waals surface area contributed by atoms with E-state index >= 15 is 0 Å². The second-order valence-corrected chi connectivity index (χ2v) is 7.64. The van der Waals surface area contributed by atoms with Crippen LogP contribution in [0, 0.1) is 11.8 Å². The summed E-state index contributed by atoms with van der Waals surface area (Å²) in [4.78, 5) is 0. The Balaban J connectivity index is 1.56. The first-order valence-corrected chi connectivity index (χ1v) is 9.27. The molecule has 4 unspecified atom stereocenters. The van der Waals surface area contributed by atoms with Gasteiger partial charge in [0.05, 0.1) is 6.10 Å². The van der Waals surface area contributed by atoms with E-state index in [1.165, 1.54) is 70.6 Å². The summed E-state index contributed by atoms with van der Waals surface area (Å²) in [5, 5.41) is 13.9. The molecule has 3 aliphatic carbocycles. The zero-order valence-electron chi connectivity index (χ0n) is 13.0. The van der Waals surface area contributed by atoms with Crippen LogP contribution in [0.2, 0.25) is 0 Å². The molecule has 3 aliphatic rings. The fourth-order valence-electron chi connectivity index (χ4n) is 5.11. The highest BCUT2D eigenvalue weighted by molar-refractivity contribution is 4.90. The van der Waals surface area contributed by atoms with Crippen LogP contribution in [0.4, 0.5) is 0 Å². The Kier molecular flexibility index (Phi) is 5.39. The highest BCUT2D eigenvalue weighted by atomic mass is 16.3. The summed E-state index contributed by atoms with van der Waals surface area (Å²) in [6.07, 6.45) is 17.5. The number of rotatable bonds is 3. The number of nitrogens with one attached hydrogen (secondary N) is 1. The highest BCUT2D eigenvalue weighted by Gasteiger charge is 2.34. The van der Waals surface area contributed by atoms with Crippen molar-refractivity contribution >= 4 is 0 Å². The smallest absolute Gasteiger partial charge is 0.0555 e. The van der Waals surface area contributed by atoms with Gasteiger partial charge in [-0.3, -0.25) is 0 Å². The van der Waals surface area contributed by atoms with E-state index in [1.807, 2.05) is 0 Å². The lowest BCUT2D eigenvalue weighted by molar-refractivity contribution is 0.0892. The van der Waals surface area contributed by atoms with Crippen molar-refractivity contribution in [3.8, 4) is 0 Å². The van der Waals surface area contributed by atoms with Crippen LogP contribution in [0.5, 0.6) is 0 Å². The molecule has 4 atom stereocenters. The third kappa shape index (κ3) is 3.76. The van der Waals surface area contributed by atoms with Crippen LogP contribution in [0.1, 0.15) is 83.5 Å². The van der Waals surface area contributed by atoms with Crippen molar-refractivity contribution in [1.29, 1.82) is 0 Å². The Labute approximate surface area is 124 Å². The Morgan fingerprint density at radius 1 is 0.700 bits per heavy atom. The molecule has 2 nitrogen and oxygen atoms in total. The molecule has 0 aromatic rings. The molecular formula is C18H33NO. The molecule has 0 spiro atoms. The Morgan fingerprint density at radius 2 is 1.45 bits per heavy atom. The third-order valence-corrected chi connectivity index (χ3v) is 6.17. The lowest BCUT2D eigenvalue weighted by Crippen LogP contribution is -2.48. The molecule has 0 aromatic carbocycles. The van der Waals surface area contributed by atoms with E-state index in [0.29, 0.717) is 6.04 Å². The maximum absolute atomic E-state index is 9.88. The van der Waals surface area contributed by atoms with Gasteiger partial charge >= 0.3 is 0 Å². The molecule has 2 N–H and O–H groups in total. The van der Waals surface area contributed by atoms with Gasteiger partial charge in [-0.15, -0.1) is 0 Å². The van der Waals surface area contributed by atoms with E-state index in [9.17, 15) is 5.11 Å². The molecule has 0 aromatic heterocycles. The largest absolute Gasteiger partial charge is 0.393 e. The second kappa shape index (κ2) is 7.26. The van der Waals surface area contributed by atoms with Crippen LogP contribution in [0.25, 0.3) is 0 Å². The van der Waals surface area contributed by atoms with Crippen LogP contribution in [0.3, 0.4) is 0 Å². The van der Waals surface area contributed by atoms with Gasteiger partial charge in [0, 0.05) is 12.1 Å². The molecule has 0 aliphatic heterocycles. The first kappa shape index (κ1) is 14.8. The van der Waals surface area contributed by atoms with Crippen LogP contribution in [-0.4, -0.2) is 23.3 Å². The minimum atomic E-state index is -0.0435. The van der Waals surface area contributed by atoms with Gasteiger partial charge in [-0.05, 0) is 50.4 Å². The standard InChI is InChI=1S/C18H33NO/c20-16-10-6-9-15(13-16)19-18-12-5-4-11-17(18)14-7-2-1-3-8-14/h14-20H,1-13H2. The van der Waals surface area contributed by atoms with Crippen molar-refractivity contribution in [3.05, 3.63) is 0 Å². The molecule has 116 valence electrons.